The first kappa shape index (κ1) is 21.1. The first-order chi connectivity index (χ1) is 16.1. The van der Waals surface area contributed by atoms with Crippen molar-refractivity contribution >= 4 is 11.0 Å². The Labute approximate surface area is 190 Å². The van der Waals surface area contributed by atoms with Crippen LogP contribution in [0.3, 0.4) is 0 Å². The van der Waals surface area contributed by atoms with Crippen LogP contribution in [-0.2, 0) is 13.0 Å². The van der Waals surface area contributed by atoms with Gasteiger partial charge in [0.25, 0.3) is 0 Å². The molecule has 0 atom stereocenters. The smallest absolute Gasteiger partial charge is 0.200 e. The third-order valence-corrected chi connectivity index (χ3v) is 5.64. The van der Waals surface area contributed by atoms with Crippen LogP contribution in [0.2, 0.25) is 0 Å². The van der Waals surface area contributed by atoms with Gasteiger partial charge >= 0.3 is 0 Å². The normalized spacial score (nSPS) is 12.7. The van der Waals surface area contributed by atoms with Crippen molar-refractivity contribution in [2.75, 3.05) is 13.2 Å². The minimum atomic E-state index is -0.285. The molecule has 0 bridgehead atoms. The summed E-state index contributed by atoms with van der Waals surface area (Å²) >= 11 is 0. The molecule has 0 saturated carbocycles. The zero-order chi connectivity index (χ0) is 22.8. The molecule has 0 fully saturated rings. The van der Waals surface area contributed by atoms with Crippen LogP contribution in [-0.4, -0.2) is 13.2 Å². The van der Waals surface area contributed by atoms with Crippen molar-refractivity contribution in [1.29, 1.82) is 0 Å². The molecule has 1 aliphatic rings. The van der Waals surface area contributed by atoms with E-state index in [9.17, 15) is 9.18 Å². The molecule has 0 aliphatic carbocycles. The number of rotatable bonds is 6. The van der Waals surface area contributed by atoms with E-state index in [1.165, 1.54) is 18.4 Å². The van der Waals surface area contributed by atoms with Crippen LogP contribution in [0.25, 0.3) is 22.1 Å². The van der Waals surface area contributed by atoms with Gasteiger partial charge < -0.3 is 18.6 Å². The predicted octanol–water partition coefficient (Wildman–Crippen LogP) is 5.90. The summed E-state index contributed by atoms with van der Waals surface area (Å²) in [5.74, 6) is 1.66. The van der Waals surface area contributed by atoms with Gasteiger partial charge in [-0.05, 0) is 53.4 Å². The molecule has 1 aliphatic heterocycles. The third kappa shape index (κ3) is 4.29. The Hall–Kier alpha value is -3.80. The van der Waals surface area contributed by atoms with Crippen LogP contribution in [0.5, 0.6) is 17.2 Å². The predicted molar refractivity (Wildman–Crippen MR) is 124 cm³/mol. The highest BCUT2D eigenvalue weighted by atomic mass is 19.1. The molecule has 0 unspecified atom stereocenters. The zero-order valence-electron chi connectivity index (χ0n) is 18.2. The lowest BCUT2D eigenvalue weighted by Gasteiger charge is -2.18. The van der Waals surface area contributed by atoms with E-state index in [-0.39, 0.29) is 11.2 Å². The monoisotopic (exact) mass is 446 g/mol. The minimum Gasteiger partial charge on any atom is -0.488 e. The van der Waals surface area contributed by atoms with E-state index in [4.69, 9.17) is 18.6 Å². The zero-order valence-corrected chi connectivity index (χ0v) is 18.2. The van der Waals surface area contributed by atoms with Crippen molar-refractivity contribution in [3.05, 3.63) is 88.0 Å². The van der Waals surface area contributed by atoms with Gasteiger partial charge in [0.1, 0.15) is 43.2 Å². The second-order valence-corrected chi connectivity index (χ2v) is 7.96. The molecular weight excluding hydrogens is 423 g/mol. The van der Waals surface area contributed by atoms with Gasteiger partial charge in [-0.1, -0.05) is 31.5 Å². The van der Waals surface area contributed by atoms with Crippen molar-refractivity contribution in [2.45, 2.75) is 26.4 Å². The fourth-order valence-electron chi connectivity index (χ4n) is 3.95. The maximum Gasteiger partial charge on any atom is 0.200 e. The molecule has 3 aromatic carbocycles. The van der Waals surface area contributed by atoms with E-state index >= 15 is 0 Å². The number of hydrogen-bond donors (Lipinski definition) is 0. The number of ether oxygens (including phenoxy) is 3. The van der Waals surface area contributed by atoms with E-state index in [0.29, 0.717) is 59.2 Å². The molecule has 168 valence electrons. The van der Waals surface area contributed by atoms with E-state index < -0.39 is 0 Å². The fraction of sp³-hybridized carbons (Fsp3) is 0.222. The highest BCUT2D eigenvalue weighted by Crippen LogP contribution is 2.35. The van der Waals surface area contributed by atoms with E-state index in [0.717, 1.165) is 24.0 Å². The molecule has 4 aromatic rings. The van der Waals surface area contributed by atoms with Crippen LogP contribution < -0.4 is 19.6 Å². The Kier molecular flexibility index (Phi) is 5.73. The lowest BCUT2D eigenvalue weighted by molar-refractivity contribution is 0.171. The molecule has 0 radical (unpaired) electrons. The standard InChI is InChI=1S/C27H23FO5/c1-2-3-19-12-21-25(14-24(19)32-15-17-4-7-20(28)8-5-17)33-16-22(27(21)29)18-6-9-23-26(13-18)31-11-10-30-23/h4-9,12-14,16H,2-3,10-11,15H2,1H3. The summed E-state index contributed by atoms with van der Waals surface area (Å²) in [7, 11) is 0. The molecule has 1 aromatic heterocycles. The van der Waals surface area contributed by atoms with Crippen LogP contribution in [0, 0.1) is 5.82 Å². The van der Waals surface area contributed by atoms with Crippen molar-refractivity contribution < 1.29 is 23.0 Å². The van der Waals surface area contributed by atoms with Gasteiger partial charge in [0, 0.05) is 6.07 Å². The number of halogens is 1. The fourth-order valence-corrected chi connectivity index (χ4v) is 3.95. The lowest BCUT2D eigenvalue weighted by atomic mass is 10.0. The Morgan fingerprint density at radius 2 is 1.76 bits per heavy atom. The minimum absolute atomic E-state index is 0.115. The number of hydrogen-bond acceptors (Lipinski definition) is 5. The van der Waals surface area contributed by atoms with Crippen molar-refractivity contribution in [2.24, 2.45) is 0 Å². The van der Waals surface area contributed by atoms with Gasteiger partial charge in [0.2, 0.25) is 5.43 Å². The average molecular weight is 446 g/mol. The molecule has 0 spiro atoms. The number of aryl methyl sites for hydroxylation is 1. The summed E-state index contributed by atoms with van der Waals surface area (Å²) in [5, 5.41) is 0.500. The maximum atomic E-state index is 13.4. The molecular formula is C27H23FO5. The van der Waals surface area contributed by atoms with Gasteiger partial charge in [-0.25, -0.2) is 4.39 Å². The average Bonchev–Trinajstić information content (AvgIpc) is 2.84. The maximum absolute atomic E-state index is 13.4. The van der Waals surface area contributed by atoms with Gasteiger partial charge in [0.05, 0.1) is 10.9 Å². The van der Waals surface area contributed by atoms with Gasteiger partial charge in [-0.3, -0.25) is 4.79 Å². The SMILES string of the molecule is CCCc1cc2c(=O)c(-c3ccc4c(c3)OCCO4)coc2cc1OCc1ccc(F)cc1. The van der Waals surface area contributed by atoms with E-state index in [1.807, 2.05) is 18.2 Å². The molecule has 2 heterocycles. The third-order valence-electron chi connectivity index (χ3n) is 5.64. The molecule has 5 nitrogen and oxygen atoms in total. The lowest BCUT2D eigenvalue weighted by Crippen LogP contribution is -2.15. The largest absolute Gasteiger partial charge is 0.488 e. The molecule has 0 saturated heterocycles. The summed E-state index contributed by atoms with van der Waals surface area (Å²) in [4.78, 5) is 13.4. The Balaban J connectivity index is 1.51. The molecule has 0 amide bonds. The number of benzene rings is 3. The van der Waals surface area contributed by atoms with Crippen LogP contribution in [0.1, 0.15) is 24.5 Å². The highest BCUT2D eigenvalue weighted by molar-refractivity contribution is 5.84. The van der Waals surface area contributed by atoms with Crippen molar-refractivity contribution in [1.82, 2.24) is 0 Å². The Morgan fingerprint density at radius 1 is 0.970 bits per heavy atom. The molecule has 6 heteroatoms. The highest BCUT2D eigenvalue weighted by Gasteiger charge is 2.17. The van der Waals surface area contributed by atoms with Crippen molar-refractivity contribution in [3.8, 4) is 28.4 Å². The van der Waals surface area contributed by atoms with E-state index in [1.54, 1.807) is 24.3 Å². The first-order valence-electron chi connectivity index (χ1n) is 11.0. The number of fused-ring (bicyclic) bond motifs is 2. The Bertz CT molecular complexity index is 1360. The molecule has 0 N–H and O–H groups in total. The summed E-state index contributed by atoms with van der Waals surface area (Å²) in [6, 6.07) is 15.3. The van der Waals surface area contributed by atoms with Crippen LogP contribution in [0.15, 0.2) is 70.1 Å². The van der Waals surface area contributed by atoms with Gasteiger partial charge in [0.15, 0.2) is 11.5 Å². The summed E-state index contributed by atoms with van der Waals surface area (Å²) < 4.78 is 36.3. The van der Waals surface area contributed by atoms with Gasteiger partial charge in [-0.15, -0.1) is 0 Å². The topological polar surface area (TPSA) is 57.9 Å². The first-order valence-corrected chi connectivity index (χ1v) is 11.0. The second-order valence-electron chi connectivity index (χ2n) is 7.96. The van der Waals surface area contributed by atoms with Crippen LogP contribution >= 0.6 is 0 Å². The molecule has 5 rings (SSSR count). The summed E-state index contributed by atoms with van der Waals surface area (Å²) in [6.07, 6.45) is 3.12. The second kappa shape index (κ2) is 8.98. The Morgan fingerprint density at radius 3 is 2.55 bits per heavy atom. The van der Waals surface area contributed by atoms with Gasteiger partial charge in [-0.2, -0.15) is 0 Å². The quantitative estimate of drug-likeness (QED) is 0.369. The van der Waals surface area contributed by atoms with Crippen molar-refractivity contribution in [3.63, 3.8) is 0 Å². The van der Waals surface area contributed by atoms with Crippen LogP contribution in [0.4, 0.5) is 4.39 Å². The summed E-state index contributed by atoms with van der Waals surface area (Å²) in [5.41, 5.74) is 3.30. The van der Waals surface area contributed by atoms with E-state index in [2.05, 4.69) is 6.92 Å². The molecule has 33 heavy (non-hydrogen) atoms. The summed E-state index contributed by atoms with van der Waals surface area (Å²) in [6.45, 7) is 3.35.